The van der Waals surface area contributed by atoms with Gasteiger partial charge in [-0.25, -0.2) is 9.78 Å². The van der Waals surface area contributed by atoms with Crippen molar-refractivity contribution in [3.63, 3.8) is 0 Å². The molecule has 0 aliphatic rings. The van der Waals surface area contributed by atoms with Crippen LogP contribution in [0.3, 0.4) is 0 Å². The summed E-state index contributed by atoms with van der Waals surface area (Å²) in [5, 5.41) is 0.428. The minimum atomic E-state index is -0.454. The second-order valence-corrected chi connectivity index (χ2v) is 6.55. The van der Waals surface area contributed by atoms with Crippen LogP contribution in [0.4, 0.5) is 0 Å². The minimum Gasteiger partial charge on any atom is -0.457 e. The van der Waals surface area contributed by atoms with Crippen LogP contribution < -0.4 is 5.56 Å². The van der Waals surface area contributed by atoms with Gasteiger partial charge < -0.3 is 4.74 Å². The summed E-state index contributed by atoms with van der Waals surface area (Å²) >= 11 is 1.17. The predicted octanol–water partition coefficient (Wildman–Crippen LogP) is 3.07. The normalized spacial score (nSPS) is 10.6. The monoisotopic (exact) mass is 352 g/mol. The number of aromatic nitrogens is 2. The Labute approximate surface area is 148 Å². The molecule has 25 heavy (non-hydrogen) atoms. The maximum absolute atomic E-state index is 12.7. The van der Waals surface area contributed by atoms with Gasteiger partial charge in [-0.3, -0.25) is 9.36 Å². The van der Waals surface area contributed by atoms with E-state index in [-0.39, 0.29) is 18.7 Å². The third-order valence-corrected chi connectivity index (χ3v) is 5.05. The Morgan fingerprint density at radius 2 is 2.04 bits per heavy atom. The zero-order valence-electron chi connectivity index (χ0n) is 13.9. The molecular weight excluding hydrogens is 336 g/mol. The largest absolute Gasteiger partial charge is 0.457 e. The number of carbonyl (C=O) groups is 1. The fraction of sp³-hybridized carbons (Fsp3) is 0.211. The highest BCUT2D eigenvalue weighted by atomic mass is 32.1. The Balaban J connectivity index is 1.96. The standard InChI is InChI=1S/C19H16N2O3S/c1-4-10-21-13(3)20-17-15(18(21)22)12(2)16(25-17)19(23)24-11-14-8-6-5-7-9-14/h1,5-9H,10-11H2,2-3H3. The lowest BCUT2D eigenvalue weighted by atomic mass is 10.2. The van der Waals surface area contributed by atoms with Gasteiger partial charge in [-0.15, -0.1) is 17.8 Å². The SMILES string of the molecule is C#CCn1c(C)nc2sc(C(=O)OCc3ccccc3)c(C)c2c1=O. The van der Waals surface area contributed by atoms with Gasteiger partial charge in [-0.1, -0.05) is 36.3 Å². The Morgan fingerprint density at radius 1 is 1.32 bits per heavy atom. The molecule has 0 saturated carbocycles. The second kappa shape index (κ2) is 6.91. The molecule has 1 aromatic carbocycles. The molecule has 0 aliphatic carbocycles. The van der Waals surface area contributed by atoms with Crippen LogP contribution in [0.5, 0.6) is 0 Å². The first kappa shape index (κ1) is 16.9. The zero-order chi connectivity index (χ0) is 18.0. The Kier molecular flexibility index (Phi) is 4.68. The Hall–Kier alpha value is -2.91. The summed E-state index contributed by atoms with van der Waals surface area (Å²) in [4.78, 5) is 30.4. The van der Waals surface area contributed by atoms with Gasteiger partial charge in [0, 0.05) is 0 Å². The first-order valence-corrected chi connectivity index (χ1v) is 8.49. The number of thiophene rings is 1. The van der Waals surface area contributed by atoms with Gasteiger partial charge in [-0.05, 0) is 25.0 Å². The lowest BCUT2D eigenvalue weighted by Gasteiger charge is -2.05. The molecular formula is C19H16N2O3S. The number of terminal acetylenes is 1. The highest BCUT2D eigenvalue weighted by Gasteiger charge is 2.21. The van der Waals surface area contributed by atoms with Crippen molar-refractivity contribution in [1.29, 1.82) is 0 Å². The molecule has 0 bridgehead atoms. The van der Waals surface area contributed by atoms with E-state index in [0.29, 0.717) is 26.5 Å². The van der Waals surface area contributed by atoms with E-state index in [1.165, 1.54) is 15.9 Å². The topological polar surface area (TPSA) is 61.2 Å². The number of aryl methyl sites for hydroxylation is 2. The maximum Gasteiger partial charge on any atom is 0.349 e. The van der Waals surface area contributed by atoms with Crippen LogP contribution in [0.2, 0.25) is 0 Å². The molecule has 0 aliphatic heterocycles. The van der Waals surface area contributed by atoms with Crippen LogP contribution in [-0.2, 0) is 17.9 Å². The molecule has 0 amide bonds. The molecule has 0 saturated heterocycles. The quantitative estimate of drug-likeness (QED) is 0.535. The average molecular weight is 352 g/mol. The van der Waals surface area contributed by atoms with Crippen molar-refractivity contribution in [1.82, 2.24) is 9.55 Å². The highest BCUT2D eigenvalue weighted by Crippen LogP contribution is 2.28. The van der Waals surface area contributed by atoms with E-state index in [9.17, 15) is 9.59 Å². The molecule has 2 heterocycles. The molecule has 0 unspecified atom stereocenters. The van der Waals surface area contributed by atoms with Crippen LogP contribution in [0.15, 0.2) is 35.1 Å². The number of rotatable bonds is 4. The molecule has 0 N–H and O–H groups in total. The van der Waals surface area contributed by atoms with E-state index in [4.69, 9.17) is 11.2 Å². The Bertz CT molecular complexity index is 1040. The van der Waals surface area contributed by atoms with Gasteiger partial charge >= 0.3 is 5.97 Å². The summed E-state index contributed by atoms with van der Waals surface area (Å²) in [6, 6.07) is 9.43. The van der Waals surface area contributed by atoms with Crippen LogP contribution in [-0.4, -0.2) is 15.5 Å². The molecule has 0 atom stereocenters. The zero-order valence-corrected chi connectivity index (χ0v) is 14.7. The molecule has 5 nitrogen and oxygen atoms in total. The minimum absolute atomic E-state index is 0.149. The van der Waals surface area contributed by atoms with Gasteiger partial charge in [0.25, 0.3) is 5.56 Å². The van der Waals surface area contributed by atoms with Gasteiger partial charge in [0.15, 0.2) is 0 Å². The van der Waals surface area contributed by atoms with Crippen molar-refractivity contribution in [3.8, 4) is 12.3 Å². The smallest absolute Gasteiger partial charge is 0.349 e. The van der Waals surface area contributed by atoms with Crippen LogP contribution in [0, 0.1) is 26.2 Å². The summed E-state index contributed by atoms with van der Waals surface area (Å²) in [7, 11) is 0. The molecule has 3 aromatic rings. The molecule has 0 fully saturated rings. The van der Waals surface area contributed by atoms with E-state index >= 15 is 0 Å². The maximum atomic E-state index is 12.7. The molecule has 126 valence electrons. The molecule has 3 rings (SSSR count). The van der Waals surface area contributed by atoms with E-state index in [1.807, 2.05) is 30.3 Å². The fourth-order valence-corrected chi connectivity index (χ4v) is 3.69. The van der Waals surface area contributed by atoms with Crippen molar-refractivity contribution in [2.75, 3.05) is 0 Å². The fourth-order valence-electron chi connectivity index (χ4n) is 2.58. The molecule has 6 heteroatoms. The molecule has 0 spiro atoms. The van der Waals surface area contributed by atoms with Gasteiger partial charge in [0.2, 0.25) is 0 Å². The van der Waals surface area contributed by atoms with E-state index in [2.05, 4.69) is 10.9 Å². The number of esters is 1. The van der Waals surface area contributed by atoms with Crippen molar-refractivity contribution >= 4 is 27.5 Å². The lowest BCUT2D eigenvalue weighted by molar-refractivity contribution is 0.0478. The third-order valence-electron chi connectivity index (χ3n) is 3.89. The number of hydrogen-bond donors (Lipinski definition) is 0. The summed E-state index contributed by atoms with van der Waals surface area (Å²) < 4.78 is 6.81. The van der Waals surface area contributed by atoms with Gasteiger partial charge in [0.05, 0.1) is 11.9 Å². The number of fused-ring (bicyclic) bond motifs is 1. The van der Waals surface area contributed by atoms with Crippen molar-refractivity contribution in [2.45, 2.75) is 27.0 Å². The van der Waals surface area contributed by atoms with Crippen LogP contribution in [0.1, 0.15) is 26.6 Å². The first-order valence-electron chi connectivity index (χ1n) is 7.68. The highest BCUT2D eigenvalue weighted by molar-refractivity contribution is 7.20. The summed E-state index contributed by atoms with van der Waals surface area (Å²) in [5.41, 5.74) is 1.26. The lowest BCUT2D eigenvalue weighted by Crippen LogP contribution is -2.23. The van der Waals surface area contributed by atoms with E-state index in [1.54, 1.807) is 13.8 Å². The second-order valence-electron chi connectivity index (χ2n) is 5.55. The van der Waals surface area contributed by atoms with E-state index < -0.39 is 5.97 Å². The number of hydrogen-bond acceptors (Lipinski definition) is 5. The number of carbonyl (C=O) groups excluding carboxylic acids is 1. The van der Waals surface area contributed by atoms with Gasteiger partial charge in [-0.2, -0.15) is 0 Å². The summed E-state index contributed by atoms with van der Waals surface area (Å²) in [6.07, 6.45) is 5.32. The average Bonchev–Trinajstić information content (AvgIpc) is 2.94. The number of ether oxygens (including phenoxy) is 1. The Morgan fingerprint density at radius 3 is 2.72 bits per heavy atom. The van der Waals surface area contributed by atoms with Crippen molar-refractivity contribution in [2.24, 2.45) is 0 Å². The van der Waals surface area contributed by atoms with E-state index in [0.717, 1.165) is 5.56 Å². The van der Waals surface area contributed by atoms with Crippen LogP contribution in [0.25, 0.3) is 10.2 Å². The number of benzene rings is 1. The third kappa shape index (κ3) is 3.19. The first-order chi connectivity index (χ1) is 12.0. The number of nitrogens with zero attached hydrogens (tertiary/aromatic N) is 2. The van der Waals surface area contributed by atoms with Crippen molar-refractivity contribution < 1.29 is 9.53 Å². The summed E-state index contributed by atoms with van der Waals surface area (Å²) in [6.45, 7) is 3.79. The van der Waals surface area contributed by atoms with Gasteiger partial charge in [0.1, 0.15) is 22.1 Å². The summed E-state index contributed by atoms with van der Waals surface area (Å²) in [5.74, 6) is 2.53. The molecule has 0 radical (unpaired) electrons. The van der Waals surface area contributed by atoms with Crippen LogP contribution >= 0.6 is 11.3 Å². The predicted molar refractivity (Wildman–Crippen MR) is 97.7 cm³/mol. The molecule has 2 aromatic heterocycles. The van der Waals surface area contributed by atoms with Crippen molar-refractivity contribution in [3.05, 3.63) is 62.5 Å².